The van der Waals surface area contributed by atoms with Crippen molar-refractivity contribution in [3.8, 4) is 17.1 Å². The second-order valence-electron chi connectivity index (χ2n) is 5.38. The summed E-state index contributed by atoms with van der Waals surface area (Å²) in [5.74, 6) is 1.21. The molecule has 0 bridgehead atoms. The molecule has 0 aliphatic carbocycles. The molecule has 0 spiro atoms. The second kappa shape index (κ2) is 7.04. The number of rotatable bonds is 6. The Morgan fingerprint density at radius 2 is 1.96 bits per heavy atom. The third kappa shape index (κ3) is 4.04. The van der Waals surface area contributed by atoms with Crippen molar-refractivity contribution in [1.29, 1.82) is 0 Å². The molecule has 3 aromatic rings. The number of hydrogen-bond acceptors (Lipinski definition) is 6. The van der Waals surface area contributed by atoms with E-state index in [0.717, 1.165) is 11.1 Å². The molecule has 0 saturated carbocycles. The maximum atomic E-state index is 12.3. The van der Waals surface area contributed by atoms with E-state index in [2.05, 4.69) is 14.9 Å². The van der Waals surface area contributed by atoms with Gasteiger partial charge < -0.3 is 9.26 Å². The lowest BCUT2D eigenvalue weighted by Gasteiger charge is -2.05. The molecule has 130 valence electrons. The van der Waals surface area contributed by atoms with E-state index in [1.807, 2.05) is 25.1 Å². The van der Waals surface area contributed by atoms with Crippen LogP contribution >= 0.6 is 0 Å². The van der Waals surface area contributed by atoms with E-state index in [1.165, 1.54) is 6.07 Å². The zero-order chi connectivity index (χ0) is 17.9. The summed E-state index contributed by atoms with van der Waals surface area (Å²) in [6.45, 7) is 1.74. The summed E-state index contributed by atoms with van der Waals surface area (Å²) >= 11 is 0. The van der Waals surface area contributed by atoms with Gasteiger partial charge in [-0.1, -0.05) is 29.4 Å². The van der Waals surface area contributed by atoms with Gasteiger partial charge in [0.25, 0.3) is 0 Å². The fourth-order valence-electron chi connectivity index (χ4n) is 2.23. The smallest absolute Gasteiger partial charge is 0.242 e. The summed E-state index contributed by atoms with van der Waals surface area (Å²) in [4.78, 5) is 4.40. The lowest BCUT2D eigenvalue weighted by Crippen LogP contribution is -2.23. The highest BCUT2D eigenvalue weighted by Gasteiger charge is 2.16. The predicted octanol–water partition coefficient (Wildman–Crippen LogP) is 2.53. The highest BCUT2D eigenvalue weighted by atomic mass is 32.2. The average Bonchev–Trinajstić information content (AvgIpc) is 3.09. The van der Waals surface area contributed by atoms with Crippen molar-refractivity contribution < 1.29 is 17.7 Å². The fraction of sp³-hybridized carbons (Fsp3) is 0.176. The Bertz CT molecular complexity index is 983. The van der Waals surface area contributed by atoms with E-state index in [4.69, 9.17) is 9.26 Å². The van der Waals surface area contributed by atoms with Gasteiger partial charge in [0, 0.05) is 5.56 Å². The number of nitrogens with one attached hydrogen (secondary N) is 1. The van der Waals surface area contributed by atoms with Crippen LogP contribution in [-0.2, 0) is 16.6 Å². The Balaban J connectivity index is 1.73. The standard InChI is InChI=1S/C17H17N3O4S/c1-12-5-3-8-15(9-12)25(21,22)18-11-16-19-17(20-24-16)13-6-4-7-14(10-13)23-2/h3-10,18H,11H2,1-2H3. The highest BCUT2D eigenvalue weighted by molar-refractivity contribution is 7.89. The van der Waals surface area contributed by atoms with Gasteiger partial charge in [0.2, 0.25) is 21.7 Å². The molecule has 8 heteroatoms. The van der Waals surface area contributed by atoms with Gasteiger partial charge in [-0.15, -0.1) is 0 Å². The Morgan fingerprint density at radius 1 is 1.16 bits per heavy atom. The third-order valence-electron chi connectivity index (χ3n) is 3.51. The summed E-state index contributed by atoms with van der Waals surface area (Å²) in [5, 5.41) is 3.87. The number of nitrogens with zero attached hydrogens (tertiary/aromatic N) is 2. The summed E-state index contributed by atoms with van der Waals surface area (Å²) in [6, 6.07) is 13.8. The largest absolute Gasteiger partial charge is 0.497 e. The van der Waals surface area contributed by atoms with Crippen molar-refractivity contribution in [1.82, 2.24) is 14.9 Å². The number of sulfonamides is 1. The van der Waals surface area contributed by atoms with E-state index in [0.29, 0.717) is 11.6 Å². The number of benzene rings is 2. The van der Waals surface area contributed by atoms with Crippen LogP contribution in [0.25, 0.3) is 11.4 Å². The molecule has 1 heterocycles. The van der Waals surface area contributed by atoms with Gasteiger partial charge in [-0.3, -0.25) is 0 Å². The van der Waals surface area contributed by atoms with E-state index < -0.39 is 10.0 Å². The van der Waals surface area contributed by atoms with Crippen molar-refractivity contribution in [3.63, 3.8) is 0 Å². The topological polar surface area (TPSA) is 94.3 Å². The van der Waals surface area contributed by atoms with Gasteiger partial charge in [0.05, 0.1) is 18.6 Å². The number of ether oxygens (including phenoxy) is 1. The first-order chi connectivity index (χ1) is 12.0. The molecule has 0 atom stereocenters. The zero-order valence-electron chi connectivity index (χ0n) is 13.8. The molecule has 0 unspecified atom stereocenters. The predicted molar refractivity (Wildman–Crippen MR) is 91.5 cm³/mol. The van der Waals surface area contributed by atoms with Gasteiger partial charge in [0.1, 0.15) is 5.75 Å². The average molecular weight is 359 g/mol. The monoisotopic (exact) mass is 359 g/mol. The Morgan fingerprint density at radius 3 is 2.72 bits per heavy atom. The minimum Gasteiger partial charge on any atom is -0.497 e. The van der Waals surface area contributed by atoms with Crippen LogP contribution in [0, 0.1) is 6.92 Å². The lowest BCUT2D eigenvalue weighted by atomic mass is 10.2. The summed E-state index contributed by atoms with van der Waals surface area (Å²) in [6.07, 6.45) is 0. The molecule has 1 aromatic heterocycles. The van der Waals surface area contributed by atoms with Crippen LogP contribution in [0.15, 0.2) is 57.9 Å². The maximum Gasteiger partial charge on any atom is 0.242 e. The highest BCUT2D eigenvalue weighted by Crippen LogP contribution is 2.21. The summed E-state index contributed by atoms with van der Waals surface area (Å²) < 4.78 is 37.3. The Hall–Kier alpha value is -2.71. The fourth-order valence-corrected chi connectivity index (χ4v) is 3.31. The number of hydrogen-bond donors (Lipinski definition) is 1. The molecule has 7 nitrogen and oxygen atoms in total. The molecular formula is C17H17N3O4S. The van der Waals surface area contributed by atoms with Gasteiger partial charge >= 0.3 is 0 Å². The minimum absolute atomic E-state index is 0.0900. The molecule has 0 aliphatic heterocycles. The van der Waals surface area contributed by atoms with Crippen LogP contribution in [0.3, 0.4) is 0 Å². The molecule has 3 rings (SSSR count). The number of aromatic nitrogens is 2. The van der Waals surface area contributed by atoms with Crippen LogP contribution < -0.4 is 9.46 Å². The van der Waals surface area contributed by atoms with Gasteiger partial charge in [-0.05, 0) is 36.8 Å². The van der Waals surface area contributed by atoms with Gasteiger partial charge in [-0.2, -0.15) is 4.98 Å². The molecule has 0 aliphatic rings. The molecular weight excluding hydrogens is 342 g/mol. The van der Waals surface area contributed by atoms with Crippen LogP contribution in [-0.4, -0.2) is 25.7 Å². The van der Waals surface area contributed by atoms with E-state index in [1.54, 1.807) is 31.4 Å². The Kier molecular flexibility index (Phi) is 4.82. The second-order valence-corrected chi connectivity index (χ2v) is 7.15. The molecule has 0 fully saturated rings. The quantitative estimate of drug-likeness (QED) is 0.727. The summed E-state index contributed by atoms with van der Waals surface area (Å²) in [7, 11) is -2.07. The zero-order valence-corrected chi connectivity index (χ0v) is 14.6. The first-order valence-corrected chi connectivity index (χ1v) is 8.99. The molecule has 0 saturated heterocycles. The molecule has 0 amide bonds. The molecule has 0 radical (unpaired) electrons. The normalized spacial score (nSPS) is 11.4. The van der Waals surface area contributed by atoms with E-state index in [9.17, 15) is 8.42 Å². The third-order valence-corrected chi connectivity index (χ3v) is 4.91. The van der Waals surface area contributed by atoms with Crippen LogP contribution in [0.5, 0.6) is 5.75 Å². The van der Waals surface area contributed by atoms with Crippen molar-refractivity contribution >= 4 is 10.0 Å². The van der Waals surface area contributed by atoms with E-state index >= 15 is 0 Å². The van der Waals surface area contributed by atoms with Crippen LogP contribution in [0.1, 0.15) is 11.5 Å². The lowest BCUT2D eigenvalue weighted by molar-refractivity contribution is 0.376. The van der Waals surface area contributed by atoms with Crippen LogP contribution in [0.2, 0.25) is 0 Å². The first-order valence-electron chi connectivity index (χ1n) is 7.51. The number of aryl methyl sites for hydroxylation is 1. The van der Waals surface area contributed by atoms with Gasteiger partial charge in [-0.25, -0.2) is 13.1 Å². The van der Waals surface area contributed by atoms with Crippen molar-refractivity contribution in [3.05, 3.63) is 60.0 Å². The molecule has 1 N–H and O–H groups in total. The first kappa shape index (κ1) is 17.1. The summed E-state index contributed by atoms with van der Waals surface area (Å²) in [5.41, 5.74) is 1.58. The molecule has 25 heavy (non-hydrogen) atoms. The van der Waals surface area contributed by atoms with Crippen LogP contribution in [0.4, 0.5) is 0 Å². The number of methoxy groups -OCH3 is 1. The van der Waals surface area contributed by atoms with E-state index in [-0.39, 0.29) is 17.3 Å². The molecule has 2 aromatic carbocycles. The van der Waals surface area contributed by atoms with Crippen molar-refractivity contribution in [2.75, 3.05) is 7.11 Å². The SMILES string of the molecule is COc1cccc(-c2noc(CNS(=O)(=O)c3cccc(C)c3)n2)c1. The van der Waals surface area contributed by atoms with Crippen molar-refractivity contribution in [2.24, 2.45) is 0 Å². The van der Waals surface area contributed by atoms with Gasteiger partial charge in [0.15, 0.2) is 0 Å². The van der Waals surface area contributed by atoms with Crippen molar-refractivity contribution in [2.45, 2.75) is 18.4 Å². The minimum atomic E-state index is -3.64. The Labute approximate surface area is 145 Å². The maximum absolute atomic E-state index is 12.3.